The van der Waals surface area contributed by atoms with Gasteiger partial charge in [0.05, 0.1) is 26.7 Å². The van der Waals surface area contributed by atoms with Crippen molar-refractivity contribution in [3.63, 3.8) is 0 Å². The van der Waals surface area contributed by atoms with Crippen LogP contribution in [0.3, 0.4) is 0 Å². The minimum absolute atomic E-state index is 0.117. The molecule has 0 aromatic carbocycles. The van der Waals surface area contributed by atoms with Gasteiger partial charge in [-0.2, -0.15) is 15.8 Å². The smallest absolute Gasteiger partial charge is 0.148 e. The van der Waals surface area contributed by atoms with E-state index in [4.69, 9.17) is 10.5 Å². The molecule has 0 aliphatic carbocycles. The fraction of sp³-hybridized carbons (Fsp3) is 0.0500. The predicted octanol–water partition coefficient (Wildman–Crippen LogP) is 5.46. The lowest BCUT2D eigenvalue weighted by Gasteiger charge is -2.09. The second-order valence-corrected chi connectivity index (χ2v) is 7.26. The molecule has 0 bridgehead atoms. The van der Waals surface area contributed by atoms with Crippen LogP contribution in [0.15, 0.2) is 60.0 Å². The Labute approximate surface area is 159 Å². The minimum atomic E-state index is -0.165. The van der Waals surface area contributed by atoms with Crippen LogP contribution in [-0.4, -0.2) is 4.57 Å². The molecule has 124 valence electrons. The number of hydrogen-bond acceptors (Lipinski definition) is 5. The van der Waals surface area contributed by atoms with E-state index in [1.807, 2.05) is 35.7 Å². The third kappa shape index (κ3) is 3.10. The molecule has 0 radical (unpaired) electrons. The molecule has 0 aliphatic rings. The Morgan fingerprint density at radius 2 is 1.73 bits per heavy atom. The number of hydrogen-bond donors (Lipinski definition) is 0. The zero-order valence-corrected chi connectivity index (χ0v) is 15.3. The predicted molar refractivity (Wildman–Crippen MR) is 105 cm³/mol. The Morgan fingerprint density at radius 1 is 1.00 bits per heavy atom. The number of aromatic nitrogens is 1. The summed E-state index contributed by atoms with van der Waals surface area (Å²) in [6.07, 6.45) is 1.85. The van der Waals surface area contributed by atoms with E-state index < -0.39 is 0 Å². The lowest BCUT2D eigenvalue weighted by molar-refractivity contribution is 0.852. The first-order chi connectivity index (χ1) is 12.7. The van der Waals surface area contributed by atoms with E-state index in [9.17, 15) is 5.26 Å². The van der Waals surface area contributed by atoms with Crippen LogP contribution in [0.2, 0.25) is 0 Å². The molecule has 0 spiro atoms. The first-order valence-corrected chi connectivity index (χ1v) is 9.32. The van der Waals surface area contributed by atoms with Gasteiger partial charge in [-0.25, -0.2) is 0 Å². The highest BCUT2D eigenvalue weighted by molar-refractivity contribution is 7.16. The van der Waals surface area contributed by atoms with Gasteiger partial charge in [0.15, 0.2) is 0 Å². The van der Waals surface area contributed by atoms with Gasteiger partial charge in [0.1, 0.15) is 23.8 Å². The maximum atomic E-state index is 9.34. The van der Waals surface area contributed by atoms with Gasteiger partial charge in [0.2, 0.25) is 0 Å². The number of rotatable bonds is 5. The lowest BCUT2D eigenvalue weighted by atomic mass is 10.1. The topological polar surface area (TPSA) is 76.3 Å². The largest absolute Gasteiger partial charge is 0.335 e. The Balaban J connectivity index is 2.10. The van der Waals surface area contributed by atoms with Crippen molar-refractivity contribution >= 4 is 28.2 Å². The van der Waals surface area contributed by atoms with Crippen molar-refractivity contribution in [3.8, 4) is 39.3 Å². The van der Waals surface area contributed by atoms with Crippen molar-refractivity contribution in [1.82, 2.24) is 4.57 Å². The third-order valence-corrected chi connectivity index (χ3v) is 5.77. The quantitative estimate of drug-likeness (QED) is 0.441. The summed E-state index contributed by atoms with van der Waals surface area (Å²) in [4.78, 5) is 2.75. The van der Waals surface area contributed by atoms with Crippen molar-refractivity contribution in [2.24, 2.45) is 0 Å². The molecule has 0 aliphatic heterocycles. The van der Waals surface area contributed by atoms with Crippen LogP contribution in [0.25, 0.3) is 26.7 Å². The zero-order valence-electron chi connectivity index (χ0n) is 13.6. The van der Waals surface area contributed by atoms with Gasteiger partial charge in [-0.3, -0.25) is 0 Å². The number of allylic oxidation sites excluding steroid dienone is 3. The first kappa shape index (κ1) is 17.5. The van der Waals surface area contributed by atoms with Crippen LogP contribution < -0.4 is 0 Å². The van der Waals surface area contributed by atoms with Crippen LogP contribution in [0.1, 0.15) is 4.88 Å². The number of nitriles is 3. The zero-order chi connectivity index (χ0) is 18.5. The molecule has 3 rings (SSSR count). The number of thiophene rings is 2. The van der Waals surface area contributed by atoms with Gasteiger partial charge >= 0.3 is 0 Å². The van der Waals surface area contributed by atoms with Gasteiger partial charge in [0.25, 0.3) is 0 Å². The summed E-state index contributed by atoms with van der Waals surface area (Å²) in [5, 5.41) is 29.5. The van der Waals surface area contributed by atoms with Gasteiger partial charge in [-0.05, 0) is 35.7 Å². The van der Waals surface area contributed by atoms with Crippen LogP contribution in [0.4, 0.5) is 0 Å². The highest BCUT2D eigenvalue weighted by Crippen LogP contribution is 2.37. The van der Waals surface area contributed by atoms with Crippen molar-refractivity contribution in [3.05, 3.63) is 64.9 Å². The molecule has 6 heteroatoms. The van der Waals surface area contributed by atoms with Crippen LogP contribution >= 0.6 is 22.7 Å². The van der Waals surface area contributed by atoms with Crippen molar-refractivity contribution in [1.29, 1.82) is 15.8 Å². The third-order valence-electron chi connectivity index (χ3n) is 3.76. The molecule has 0 saturated heterocycles. The Kier molecular flexibility index (Phi) is 5.15. The van der Waals surface area contributed by atoms with E-state index in [1.165, 1.54) is 16.2 Å². The average Bonchev–Trinajstić information content (AvgIpc) is 3.39. The molecule has 3 heterocycles. The first-order valence-electron chi connectivity index (χ1n) is 7.63. The highest BCUT2D eigenvalue weighted by atomic mass is 32.1. The summed E-state index contributed by atoms with van der Waals surface area (Å²) in [5.41, 5.74) is 2.07. The van der Waals surface area contributed by atoms with E-state index in [1.54, 1.807) is 29.5 Å². The van der Waals surface area contributed by atoms with Gasteiger partial charge < -0.3 is 4.57 Å². The fourth-order valence-corrected chi connectivity index (χ4v) is 4.43. The van der Waals surface area contributed by atoms with Crippen LogP contribution in [0.5, 0.6) is 0 Å². The van der Waals surface area contributed by atoms with Crippen LogP contribution in [0, 0.1) is 34.0 Å². The summed E-state index contributed by atoms with van der Waals surface area (Å²) >= 11 is 3.07. The summed E-state index contributed by atoms with van der Waals surface area (Å²) < 4.78 is 2.17. The molecular formula is C20H12N4S2. The van der Waals surface area contributed by atoms with Crippen LogP contribution in [-0.2, 0) is 6.54 Å². The van der Waals surface area contributed by atoms with Gasteiger partial charge in [-0.1, -0.05) is 12.1 Å². The van der Waals surface area contributed by atoms with Gasteiger partial charge in [0, 0.05) is 11.4 Å². The van der Waals surface area contributed by atoms with Gasteiger partial charge in [-0.15, -0.1) is 29.3 Å². The Hall–Kier alpha value is -3.37. The second-order valence-electron chi connectivity index (χ2n) is 5.23. The molecule has 0 N–H and O–H groups in total. The molecule has 0 atom stereocenters. The monoisotopic (exact) mass is 372 g/mol. The lowest BCUT2D eigenvalue weighted by Crippen LogP contribution is -1.98. The van der Waals surface area contributed by atoms with E-state index in [-0.39, 0.29) is 11.1 Å². The molecule has 4 nitrogen and oxygen atoms in total. The molecule has 0 amide bonds. The van der Waals surface area contributed by atoms with Crippen molar-refractivity contribution in [2.45, 2.75) is 6.54 Å². The normalized spacial score (nSPS) is 9.73. The molecule has 0 unspecified atom stereocenters. The summed E-state index contributed by atoms with van der Waals surface area (Å²) in [6.45, 7) is 4.51. The summed E-state index contributed by atoms with van der Waals surface area (Å²) in [7, 11) is 0. The Morgan fingerprint density at radius 3 is 2.31 bits per heavy atom. The van der Waals surface area contributed by atoms with E-state index in [0.717, 1.165) is 16.3 Å². The van der Waals surface area contributed by atoms with Crippen molar-refractivity contribution in [2.75, 3.05) is 0 Å². The molecule has 3 aromatic heterocycles. The molecular weight excluding hydrogens is 360 g/mol. The highest BCUT2D eigenvalue weighted by Gasteiger charge is 2.16. The van der Waals surface area contributed by atoms with Crippen molar-refractivity contribution < 1.29 is 0 Å². The maximum Gasteiger partial charge on any atom is 0.148 e. The standard InChI is InChI=1S/C20H12N4S2/c1-2-9-24-16(19-4-3-10-25-19)5-6-17(24)20-8-7-18(26-20)15(13-23)14(11-21)12-22/h2-8,10H,1,9H2. The fourth-order valence-electron chi connectivity index (χ4n) is 2.63. The van der Waals surface area contributed by atoms with E-state index in [2.05, 4.69) is 23.3 Å². The maximum absolute atomic E-state index is 9.34. The SMILES string of the molecule is C=CCn1c(-c2cccs2)ccc1-c1ccc(C(C#N)=C(C#N)C#N)s1. The van der Waals surface area contributed by atoms with E-state index in [0.29, 0.717) is 11.4 Å². The molecule has 26 heavy (non-hydrogen) atoms. The molecule has 3 aromatic rings. The summed E-state index contributed by atoms with van der Waals surface area (Å²) in [5.74, 6) is 0. The molecule has 0 fully saturated rings. The Bertz CT molecular complexity index is 1090. The summed E-state index contributed by atoms with van der Waals surface area (Å²) in [6, 6.07) is 17.5. The second kappa shape index (κ2) is 7.68. The minimum Gasteiger partial charge on any atom is -0.335 e. The average molecular weight is 372 g/mol. The number of nitrogens with zero attached hydrogens (tertiary/aromatic N) is 4. The molecule has 0 saturated carbocycles. The van der Waals surface area contributed by atoms with E-state index >= 15 is 0 Å².